The van der Waals surface area contributed by atoms with E-state index in [0.29, 0.717) is 27.6 Å². The van der Waals surface area contributed by atoms with E-state index in [4.69, 9.17) is 25.6 Å². The fourth-order valence-electron chi connectivity index (χ4n) is 4.22. The summed E-state index contributed by atoms with van der Waals surface area (Å²) in [6, 6.07) is 17.4. The number of aromatic nitrogens is 2. The van der Waals surface area contributed by atoms with Crippen LogP contribution in [0.3, 0.4) is 0 Å². The highest BCUT2D eigenvalue weighted by Crippen LogP contribution is 2.41. The Kier molecular flexibility index (Phi) is 6.49. The van der Waals surface area contributed by atoms with E-state index in [2.05, 4.69) is 14.9 Å². The smallest absolute Gasteiger partial charge is 0.263 e. The van der Waals surface area contributed by atoms with Gasteiger partial charge in [-0.25, -0.2) is 8.42 Å². The number of anilines is 1. The Balaban J connectivity index is 1.61. The molecular formula is C27H22ClN3O5S. The first-order valence-electron chi connectivity index (χ1n) is 11.2. The van der Waals surface area contributed by atoms with Crippen molar-refractivity contribution >= 4 is 38.2 Å². The first-order chi connectivity index (χ1) is 17.8. The largest absolute Gasteiger partial charge is 0.496 e. The summed E-state index contributed by atoms with van der Waals surface area (Å²) in [4.78, 5) is 4.71. The van der Waals surface area contributed by atoms with Gasteiger partial charge in [-0.3, -0.25) is 9.71 Å². The minimum atomic E-state index is -3.86. The second-order valence-electron chi connectivity index (χ2n) is 8.24. The van der Waals surface area contributed by atoms with Crippen molar-refractivity contribution in [1.29, 1.82) is 0 Å². The number of methoxy groups -OCH3 is 2. The molecule has 5 rings (SSSR count). The lowest BCUT2D eigenvalue weighted by Gasteiger charge is -2.17. The summed E-state index contributed by atoms with van der Waals surface area (Å²) in [5, 5.41) is 5.68. The fraction of sp³-hybridized carbons (Fsp3) is 0.111. The van der Waals surface area contributed by atoms with Crippen LogP contribution >= 0.6 is 11.6 Å². The van der Waals surface area contributed by atoms with Gasteiger partial charge < -0.3 is 14.0 Å². The molecular weight excluding hydrogens is 514 g/mol. The van der Waals surface area contributed by atoms with Crippen LogP contribution in [0.25, 0.3) is 33.2 Å². The molecule has 2 aromatic heterocycles. The molecule has 0 saturated carbocycles. The predicted molar refractivity (Wildman–Crippen MR) is 143 cm³/mol. The average molecular weight is 536 g/mol. The third-order valence-corrected chi connectivity index (χ3v) is 7.56. The van der Waals surface area contributed by atoms with Crippen LogP contribution in [-0.2, 0) is 10.0 Å². The minimum Gasteiger partial charge on any atom is -0.496 e. The highest BCUT2D eigenvalue weighted by molar-refractivity contribution is 7.92. The highest BCUT2D eigenvalue weighted by Gasteiger charge is 2.20. The molecule has 0 fully saturated rings. The number of nitrogens with one attached hydrogen (secondary N) is 1. The Bertz CT molecular complexity index is 1720. The zero-order valence-electron chi connectivity index (χ0n) is 20.2. The number of benzene rings is 3. The van der Waals surface area contributed by atoms with Crippen LogP contribution in [0.15, 0.2) is 82.5 Å². The molecule has 0 radical (unpaired) electrons. The third-order valence-electron chi connectivity index (χ3n) is 5.98. The molecule has 1 N–H and O–H groups in total. The fourth-order valence-corrected chi connectivity index (χ4v) is 5.42. The van der Waals surface area contributed by atoms with E-state index >= 15 is 0 Å². The average Bonchev–Trinajstić information content (AvgIpc) is 3.40. The molecule has 0 aliphatic heterocycles. The Labute approximate surface area is 218 Å². The van der Waals surface area contributed by atoms with E-state index in [-0.39, 0.29) is 10.7 Å². The standard InChI is InChI=1S/C27H22ClN3O5S/c1-16-12-23(25(35-3)15-21(16)22-14-18(28)4-7-24(22)34-2)27-20-6-5-19(13-17(20)8-10-29-27)37(32,33)31-26-9-11-36-30-26/h4-15H,1-3H3,(H,30,31). The number of aryl methyl sites for hydroxylation is 1. The van der Waals surface area contributed by atoms with Crippen LogP contribution in [0.4, 0.5) is 5.82 Å². The van der Waals surface area contributed by atoms with E-state index in [0.717, 1.165) is 27.6 Å². The maximum Gasteiger partial charge on any atom is 0.263 e. The van der Waals surface area contributed by atoms with Gasteiger partial charge in [-0.1, -0.05) is 22.8 Å². The van der Waals surface area contributed by atoms with Gasteiger partial charge in [0, 0.05) is 33.8 Å². The maximum absolute atomic E-state index is 12.8. The van der Waals surface area contributed by atoms with Crippen molar-refractivity contribution in [1.82, 2.24) is 10.1 Å². The third kappa shape index (κ3) is 4.71. The van der Waals surface area contributed by atoms with Crippen molar-refractivity contribution in [2.24, 2.45) is 0 Å². The SMILES string of the molecule is COc1ccc(Cl)cc1-c1cc(OC)c(-c2nccc3cc(S(=O)(=O)Nc4ccon4)ccc23)cc1C. The zero-order valence-corrected chi connectivity index (χ0v) is 21.7. The molecule has 0 saturated heterocycles. The summed E-state index contributed by atoms with van der Waals surface area (Å²) in [6.45, 7) is 1.99. The van der Waals surface area contributed by atoms with Crippen molar-refractivity contribution in [2.75, 3.05) is 18.9 Å². The second kappa shape index (κ2) is 9.76. The quantitative estimate of drug-likeness (QED) is 0.259. The molecule has 3 aromatic carbocycles. The number of hydrogen-bond acceptors (Lipinski definition) is 7. The first-order valence-corrected chi connectivity index (χ1v) is 13.0. The molecule has 37 heavy (non-hydrogen) atoms. The number of nitrogens with zero attached hydrogens (tertiary/aromatic N) is 2. The number of ether oxygens (including phenoxy) is 2. The van der Waals surface area contributed by atoms with Crippen LogP contribution in [0.1, 0.15) is 5.56 Å². The van der Waals surface area contributed by atoms with E-state index in [1.165, 1.54) is 18.4 Å². The Morgan fingerprint density at radius 2 is 1.70 bits per heavy atom. The van der Waals surface area contributed by atoms with Crippen molar-refractivity contribution in [2.45, 2.75) is 11.8 Å². The number of sulfonamides is 1. The topological polar surface area (TPSA) is 104 Å². The van der Waals surface area contributed by atoms with E-state index < -0.39 is 10.0 Å². The van der Waals surface area contributed by atoms with Crippen molar-refractivity contribution in [3.05, 3.63) is 83.7 Å². The Morgan fingerprint density at radius 3 is 2.43 bits per heavy atom. The summed E-state index contributed by atoms with van der Waals surface area (Å²) in [7, 11) is -0.648. The van der Waals surface area contributed by atoms with Crippen molar-refractivity contribution in [3.63, 3.8) is 0 Å². The van der Waals surface area contributed by atoms with Gasteiger partial charge in [0.15, 0.2) is 5.82 Å². The summed E-state index contributed by atoms with van der Waals surface area (Å²) in [5.41, 5.74) is 4.15. The maximum atomic E-state index is 12.8. The summed E-state index contributed by atoms with van der Waals surface area (Å²) in [5.74, 6) is 1.40. The van der Waals surface area contributed by atoms with Crippen LogP contribution in [0, 0.1) is 6.92 Å². The Morgan fingerprint density at radius 1 is 0.892 bits per heavy atom. The monoisotopic (exact) mass is 535 g/mol. The van der Waals surface area contributed by atoms with Gasteiger partial charge in [0.1, 0.15) is 17.8 Å². The number of hydrogen-bond donors (Lipinski definition) is 1. The lowest BCUT2D eigenvalue weighted by atomic mass is 9.94. The van der Waals surface area contributed by atoms with Crippen LogP contribution in [0.5, 0.6) is 11.5 Å². The van der Waals surface area contributed by atoms with E-state index in [1.54, 1.807) is 44.7 Å². The molecule has 8 nitrogen and oxygen atoms in total. The number of rotatable bonds is 7. The lowest BCUT2D eigenvalue weighted by molar-refractivity contribution is 0.414. The minimum absolute atomic E-state index is 0.0895. The molecule has 0 atom stereocenters. The molecule has 0 aliphatic carbocycles. The molecule has 10 heteroatoms. The van der Waals surface area contributed by atoms with Gasteiger partial charge in [-0.05, 0) is 72.0 Å². The number of fused-ring (bicyclic) bond motifs is 1. The summed E-state index contributed by atoms with van der Waals surface area (Å²) in [6.07, 6.45) is 2.93. The van der Waals surface area contributed by atoms with Gasteiger partial charge in [-0.2, -0.15) is 0 Å². The molecule has 0 bridgehead atoms. The number of pyridine rings is 1. The molecule has 5 aromatic rings. The molecule has 0 aliphatic rings. The predicted octanol–water partition coefficient (Wildman–Crippen LogP) is 6.34. The lowest BCUT2D eigenvalue weighted by Crippen LogP contribution is -2.13. The zero-order chi connectivity index (χ0) is 26.2. The van der Waals surface area contributed by atoms with Crippen molar-refractivity contribution < 1.29 is 22.4 Å². The van der Waals surface area contributed by atoms with Gasteiger partial charge in [0.25, 0.3) is 10.0 Å². The molecule has 2 heterocycles. The van der Waals surface area contributed by atoms with Crippen LogP contribution in [0.2, 0.25) is 5.02 Å². The van der Waals surface area contributed by atoms with Gasteiger partial charge in [0.05, 0.1) is 24.8 Å². The molecule has 0 unspecified atom stereocenters. The van der Waals surface area contributed by atoms with Crippen molar-refractivity contribution in [3.8, 4) is 33.9 Å². The second-order valence-corrected chi connectivity index (χ2v) is 10.4. The Hall–Kier alpha value is -4.08. The molecule has 0 spiro atoms. The number of halogens is 1. The van der Waals surface area contributed by atoms with Crippen LogP contribution in [-0.4, -0.2) is 32.8 Å². The van der Waals surface area contributed by atoms with Crippen LogP contribution < -0.4 is 14.2 Å². The van der Waals surface area contributed by atoms with Gasteiger partial charge in [0.2, 0.25) is 0 Å². The summed E-state index contributed by atoms with van der Waals surface area (Å²) >= 11 is 6.27. The normalized spacial score (nSPS) is 11.5. The van der Waals surface area contributed by atoms with E-state index in [9.17, 15) is 8.42 Å². The molecule has 188 valence electrons. The highest BCUT2D eigenvalue weighted by atomic mass is 35.5. The summed E-state index contributed by atoms with van der Waals surface area (Å²) < 4.78 is 44.1. The van der Waals surface area contributed by atoms with Gasteiger partial charge in [-0.15, -0.1) is 0 Å². The van der Waals surface area contributed by atoms with Gasteiger partial charge >= 0.3 is 0 Å². The van der Waals surface area contributed by atoms with E-state index in [1.807, 2.05) is 31.2 Å². The molecule has 0 amide bonds. The first kappa shape index (κ1) is 24.6.